The number of carbonyl (C=O) groups is 2. The lowest BCUT2D eigenvalue weighted by atomic mass is 10.2. The van der Waals surface area contributed by atoms with E-state index >= 15 is 0 Å². The third kappa shape index (κ3) is 4.81. The summed E-state index contributed by atoms with van der Waals surface area (Å²) < 4.78 is 1.26. The topological polar surface area (TPSA) is 129 Å². The van der Waals surface area contributed by atoms with E-state index in [4.69, 9.17) is 34.8 Å². The second-order valence-corrected chi connectivity index (χ2v) is 8.14. The van der Waals surface area contributed by atoms with Crippen LogP contribution in [0, 0.1) is 0 Å². The standard InChI is InChI=1S/C18H16Cl2N6O2S/c1-9(17(28)23-12-5-2-10(3-6-12)15(21)27)29-18-25-24-16(26(18)22)13-8-11(19)4-7-14(13)20/h2-9H,22H2,1H3,(H2,21,27)(H,23,28). The summed E-state index contributed by atoms with van der Waals surface area (Å²) in [7, 11) is 0. The van der Waals surface area contributed by atoms with Crippen molar-refractivity contribution in [2.24, 2.45) is 5.73 Å². The van der Waals surface area contributed by atoms with Gasteiger partial charge in [-0.1, -0.05) is 35.0 Å². The van der Waals surface area contributed by atoms with Crippen molar-refractivity contribution in [3.63, 3.8) is 0 Å². The summed E-state index contributed by atoms with van der Waals surface area (Å²) in [6.45, 7) is 1.71. The quantitative estimate of drug-likeness (QED) is 0.390. The highest BCUT2D eigenvalue weighted by Gasteiger charge is 2.21. The average molecular weight is 451 g/mol. The van der Waals surface area contributed by atoms with Crippen LogP contribution in [0.15, 0.2) is 47.6 Å². The number of hydrogen-bond donors (Lipinski definition) is 3. The average Bonchev–Trinajstić information content (AvgIpc) is 3.04. The Balaban J connectivity index is 1.71. The Morgan fingerprint density at radius 2 is 1.83 bits per heavy atom. The second kappa shape index (κ2) is 8.73. The first-order chi connectivity index (χ1) is 13.8. The van der Waals surface area contributed by atoms with E-state index in [1.165, 1.54) is 16.8 Å². The predicted octanol–water partition coefficient (Wildman–Crippen LogP) is 3.18. The maximum Gasteiger partial charge on any atom is 0.248 e. The summed E-state index contributed by atoms with van der Waals surface area (Å²) in [4.78, 5) is 23.6. The van der Waals surface area contributed by atoms with Crippen molar-refractivity contribution < 1.29 is 9.59 Å². The van der Waals surface area contributed by atoms with Crippen LogP contribution in [0.2, 0.25) is 10.0 Å². The van der Waals surface area contributed by atoms with E-state index in [9.17, 15) is 9.59 Å². The van der Waals surface area contributed by atoms with Crippen molar-refractivity contribution in [3.8, 4) is 11.4 Å². The van der Waals surface area contributed by atoms with Gasteiger partial charge in [-0.25, -0.2) is 4.68 Å². The lowest BCUT2D eigenvalue weighted by Gasteiger charge is -2.12. The summed E-state index contributed by atoms with van der Waals surface area (Å²) in [6, 6.07) is 11.2. The normalized spacial score (nSPS) is 11.8. The summed E-state index contributed by atoms with van der Waals surface area (Å²) in [5.74, 6) is 5.61. The van der Waals surface area contributed by atoms with Gasteiger partial charge < -0.3 is 16.9 Å². The van der Waals surface area contributed by atoms with Crippen LogP contribution in [-0.2, 0) is 4.79 Å². The first-order valence-corrected chi connectivity index (χ1v) is 9.93. The highest BCUT2D eigenvalue weighted by Crippen LogP contribution is 2.31. The maximum absolute atomic E-state index is 12.5. The SMILES string of the molecule is CC(Sc1nnc(-c2cc(Cl)ccc2Cl)n1N)C(=O)Nc1ccc(C(N)=O)cc1. The van der Waals surface area contributed by atoms with E-state index < -0.39 is 11.2 Å². The molecule has 11 heteroatoms. The molecule has 0 bridgehead atoms. The van der Waals surface area contributed by atoms with Crippen LogP contribution in [0.25, 0.3) is 11.4 Å². The minimum absolute atomic E-state index is 0.271. The Kier molecular flexibility index (Phi) is 6.31. The third-order valence-corrected chi connectivity index (χ3v) is 5.54. The molecule has 2 amide bonds. The van der Waals surface area contributed by atoms with Crippen LogP contribution in [0.1, 0.15) is 17.3 Å². The molecule has 150 valence electrons. The van der Waals surface area contributed by atoms with E-state index in [2.05, 4.69) is 15.5 Å². The second-order valence-electron chi connectivity index (χ2n) is 5.99. The fraction of sp³-hybridized carbons (Fsp3) is 0.111. The van der Waals surface area contributed by atoms with Gasteiger partial charge in [0.1, 0.15) is 0 Å². The van der Waals surface area contributed by atoms with E-state index in [1.807, 2.05) is 0 Å². The molecule has 0 spiro atoms. The minimum atomic E-state index is -0.537. The van der Waals surface area contributed by atoms with Gasteiger partial charge in [0.05, 0.1) is 10.3 Å². The molecule has 1 heterocycles. The Morgan fingerprint density at radius 3 is 2.48 bits per heavy atom. The molecule has 1 unspecified atom stereocenters. The molecular formula is C18H16Cl2N6O2S. The molecule has 5 N–H and O–H groups in total. The smallest absolute Gasteiger partial charge is 0.248 e. The Labute approximate surface area is 180 Å². The van der Waals surface area contributed by atoms with Crippen molar-refractivity contribution in [1.29, 1.82) is 0 Å². The van der Waals surface area contributed by atoms with Gasteiger partial charge >= 0.3 is 0 Å². The fourth-order valence-electron chi connectivity index (χ4n) is 2.38. The summed E-state index contributed by atoms with van der Waals surface area (Å²) in [5.41, 5.74) is 6.63. The summed E-state index contributed by atoms with van der Waals surface area (Å²) in [5, 5.41) is 11.6. The molecule has 0 fully saturated rings. The molecule has 0 aliphatic rings. The number of nitrogens with zero attached hydrogens (tertiary/aromatic N) is 3. The van der Waals surface area contributed by atoms with Crippen LogP contribution in [0.3, 0.4) is 0 Å². The number of nitrogen functional groups attached to an aromatic ring is 1. The minimum Gasteiger partial charge on any atom is -0.366 e. The number of aromatic nitrogens is 3. The summed E-state index contributed by atoms with van der Waals surface area (Å²) >= 11 is 13.3. The zero-order valence-electron chi connectivity index (χ0n) is 15.1. The van der Waals surface area contributed by atoms with Gasteiger partial charge in [0.25, 0.3) is 0 Å². The Morgan fingerprint density at radius 1 is 1.14 bits per heavy atom. The van der Waals surface area contributed by atoms with Crippen molar-refractivity contribution in [2.45, 2.75) is 17.3 Å². The number of halogens is 2. The van der Waals surface area contributed by atoms with Gasteiger partial charge in [-0.15, -0.1) is 10.2 Å². The first-order valence-electron chi connectivity index (χ1n) is 8.29. The van der Waals surface area contributed by atoms with Crippen molar-refractivity contribution >= 4 is 52.5 Å². The number of amides is 2. The zero-order chi connectivity index (χ0) is 21.1. The summed E-state index contributed by atoms with van der Waals surface area (Å²) in [6.07, 6.45) is 0. The molecule has 0 saturated heterocycles. The Hall–Kier alpha value is -2.75. The number of nitrogens with two attached hydrogens (primary N) is 2. The molecule has 0 saturated carbocycles. The molecule has 2 aromatic carbocycles. The number of primary amides is 1. The number of carbonyl (C=O) groups excluding carboxylic acids is 2. The number of hydrogen-bond acceptors (Lipinski definition) is 6. The van der Waals surface area contributed by atoms with Crippen molar-refractivity contribution in [3.05, 3.63) is 58.1 Å². The van der Waals surface area contributed by atoms with E-state index in [0.717, 1.165) is 11.8 Å². The van der Waals surface area contributed by atoms with Gasteiger partial charge in [0.15, 0.2) is 5.82 Å². The lowest BCUT2D eigenvalue weighted by molar-refractivity contribution is -0.115. The highest BCUT2D eigenvalue weighted by atomic mass is 35.5. The van der Waals surface area contributed by atoms with Gasteiger partial charge in [0, 0.05) is 21.8 Å². The number of benzene rings is 2. The molecule has 0 aliphatic carbocycles. The molecule has 8 nitrogen and oxygen atoms in total. The Bertz CT molecular complexity index is 1070. The molecule has 3 rings (SSSR count). The number of rotatable bonds is 6. The number of thioether (sulfide) groups is 1. The van der Waals surface area contributed by atoms with Crippen LogP contribution in [0.5, 0.6) is 0 Å². The van der Waals surface area contributed by atoms with Crippen molar-refractivity contribution in [2.75, 3.05) is 11.2 Å². The molecule has 3 aromatic rings. The fourth-order valence-corrected chi connectivity index (χ4v) is 3.53. The maximum atomic E-state index is 12.5. The predicted molar refractivity (Wildman–Crippen MR) is 115 cm³/mol. The van der Waals surface area contributed by atoms with Crippen molar-refractivity contribution in [1.82, 2.24) is 14.9 Å². The first kappa shape index (κ1) is 21.0. The molecule has 1 atom stereocenters. The number of nitrogens with one attached hydrogen (secondary N) is 1. The van der Waals surface area contributed by atoms with Crippen LogP contribution >= 0.6 is 35.0 Å². The zero-order valence-corrected chi connectivity index (χ0v) is 17.4. The monoisotopic (exact) mass is 450 g/mol. The van der Waals surface area contributed by atoms with Gasteiger partial charge in [-0.3, -0.25) is 9.59 Å². The van der Waals surface area contributed by atoms with E-state index in [1.54, 1.807) is 37.3 Å². The molecule has 1 aromatic heterocycles. The van der Waals surface area contributed by atoms with E-state index in [-0.39, 0.29) is 5.91 Å². The van der Waals surface area contributed by atoms with Crippen LogP contribution in [-0.4, -0.2) is 31.9 Å². The van der Waals surface area contributed by atoms with Crippen LogP contribution < -0.4 is 16.9 Å². The lowest BCUT2D eigenvalue weighted by Crippen LogP contribution is -2.23. The van der Waals surface area contributed by atoms with Crippen LogP contribution in [0.4, 0.5) is 5.69 Å². The highest BCUT2D eigenvalue weighted by molar-refractivity contribution is 8.00. The molecular weight excluding hydrogens is 435 g/mol. The molecule has 29 heavy (non-hydrogen) atoms. The van der Waals surface area contributed by atoms with Gasteiger partial charge in [-0.2, -0.15) is 0 Å². The molecule has 0 radical (unpaired) electrons. The van der Waals surface area contributed by atoms with Gasteiger partial charge in [-0.05, 0) is 49.4 Å². The third-order valence-electron chi connectivity index (χ3n) is 3.92. The largest absolute Gasteiger partial charge is 0.366 e. The number of anilines is 1. The van der Waals surface area contributed by atoms with Gasteiger partial charge in [0.2, 0.25) is 17.0 Å². The van der Waals surface area contributed by atoms with E-state index in [0.29, 0.717) is 37.8 Å². The molecule has 0 aliphatic heterocycles.